The number of carboxylic acids is 1. The van der Waals surface area contributed by atoms with Gasteiger partial charge in [0.15, 0.2) is 11.6 Å². The van der Waals surface area contributed by atoms with Crippen LogP contribution in [0.15, 0.2) is 29.2 Å². The van der Waals surface area contributed by atoms with Gasteiger partial charge in [-0.15, -0.1) is 0 Å². The molecule has 2 aromatic rings. The smallest absolute Gasteiger partial charge is 0.341 e. The Morgan fingerprint density at radius 1 is 1.30 bits per heavy atom. The molecule has 7 nitrogen and oxygen atoms in total. The Labute approximate surface area is 172 Å². The molecule has 4 atom stereocenters. The van der Waals surface area contributed by atoms with E-state index in [0.29, 0.717) is 30.6 Å². The number of carbonyl (C=O) groups is 1. The summed E-state index contributed by atoms with van der Waals surface area (Å²) in [6.07, 6.45) is 9.52. The van der Waals surface area contributed by atoms with Crippen LogP contribution in [0.1, 0.15) is 42.1 Å². The zero-order valence-electron chi connectivity index (χ0n) is 16.4. The second-order valence-corrected chi connectivity index (χ2v) is 9.33. The molecule has 30 heavy (non-hydrogen) atoms. The maximum atomic E-state index is 15.2. The van der Waals surface area contributed by atoms with Gasteiger partial charge in [0.2, 0.25) is 5.43 Å². The van der Waals surface area contributed by atoms with Gasteiger partial charge in [-0.05, 0) is 43.6 Å². The van der Waals surface area contributed by atoms with Gasteiger partial charge in [-0.3, -0.25) is 4.79 Å². The normalized spacial score (nSPS) is 32.1. The van der Waals surface area contributed by atoms with E-state index in [2.05, 4.69) is 17.1 Å². The van der Waals surface area contributed by atoms with Gasteiger partial charge < -0.3 is 20.3 Å². The summed E-state index contributed by atoms with van der Waals surface area (Å²) in [6.45, 7) is 1.33. The third kappa shape index (κ3) is 2.43. The molecule has 3 heterocycles. The minimum Gasteiger partial charge on any atom is -0.477 e. The molecule has 0 radical (unpaired) electrons. The number of hydrogen-bond acceptors (Lipinski definition) is 5. The average Bonchev–Trinajstić information content (AvgIpc) is 3.45. The number of anilines is 1. The monoisotopic (exact) mass is 410 g/mol. The fraction of sp³-hybridized carbons (Fsp3) is 0.500. The Bertz CT molecular complexity index is 1190. The van der Waals surface area contributed by atoms with Crippen molar-refractivity contribution >= 4 is 22.8 Å². The topological polar surface area (TPSA) is 101 Å². The predicted octanol–water partition coefficient (Wildman–Crippen LogP) is 2.30. The Morgan fingerprint density at radius 3 is 2.73 bits per heavy atom. The van der Waals surface area contributed by atoms with E-state index in [9.17, 15) is 14.7 Å². The van der Waals surface area contributed by atoms with Crippen LogP contribution in [0.25, 0.3) is 11.0 Å². The molecule has 5 aliphatic rings. The highest BCUT2D eigenvalue weighted by molar-refractivity contribution is 5.92. The van der Waals surface area contributed by atoms with E-state index in [4.69, 9.17) is 5.73 Å². The number of carboxylic acid groups (broad SMARTS) is 1. The first-order valence-corrected chi connectivity index (χ1v) is 10.6. The zero-order chi connectivity index (χ0) is 20.8. The lowest BCUT2D eigenvalue weighted by molar-refractivity contribution is 0.0695. The highest BCUT2D eigenvalue weighted by Crippen LogP contribution is 2.50. The van der Waals surface area contributed by atoms with Crippen molar-refractivity contribution in [2.75, 3.05) is 18.0 Å². The summed E-state index contributed by atoms with van der Waals surface area (Å²) in [7, 11) is 0. The summed E-state index contributed by atoms with van der Waals surface area (Å²) in [6, 6.07) is 1.27. The Morgan fingerprint density at radius 2 is 2.10 bits per heavy atom. The van der Waals surface area contributed by atoms with Crippen molar-refractivity contribution in [3.63, 3.8) is 0 Å². The van der Waals surface area contributed by atoms with Crippen molar-refractivity contribution in [2.45, 2.75) is 37.3 Å². The summed E-state index contributed by atoms with van der Waals surface area (Å²) in [5.41, 5.74) is 5.65. The molecule has 1 aliphatic heterocycles. The first kappa shape index (κ1) is 18.1. The molecule has 0 amide bonds. The maximum Gasteiger partial charge on any atom is 0.341 e. The molecule has 0 spiro atoms. The summed E-state index contributed by atoms with van der Waals surface area (Å²) in [5, 5.41) is 9.42. The van der Waals surface area contributed by atoms with Crippen molar-refractivity contribution in [1.29, 1.82) is 0 Å². The van der Waals surface area contributed by atoms with E-state index < -0.39 is 17.2 Å². The van der Waals surface area contributed by atoms with Crippen LogP contribution < -0.4 is 16.1 Å². The van der Waals surface area contributed by atoms with E-state index >= 15 is 4.39 Å². The minimum atomic E-state index is -1.30. The lowest BCUT2D eigenvalue weighted by Crippen LogP contribution is -2.55. The third-order valence-electron chi connectivity index (χ3n) is 7.58. The molecule has 7 rings (SSSR count). The highest BCUT2D eigenvalue weighted by Gasteiger charge is 2.52. The van der Waals surface area contributed by atoms with Crippen LogP contribution in [0, 0.1) is 23.6 Å². The van der Waals surface area contributed by atoms with Crippen LogP contribution in [0.3, 0.4) is 0 Å². The number of rotatable bonds is 3. The largest absolute Gasteiger partial charge is 0.477 e. The van der Waals surface area contributed by atoms with Crippen LogP contribution in [-0.2, 0) is 0 Å². The number of nitrogens with zero attached hydrogens (tertiary/aromatic N) is 3. The molecule has 0 aromatic carbocycles. The number of pyridine rings is 2. The number of nitrogens with two attached hydrogens (primary N) is 1. The summed E-state index contributed by atoms with van der Waals surface area (Å²) < 4.78 is 16.9. The van der Waals surface area contributed by atoms with Gasteiger partial charge in [0.1, 0.15) is 11.2 Å². The first-order valence-electron chi connectivity index (χ1n) is 10.6. The maximum absolute atomic E-state index is 15.2. The fourth-order valence-electron chi connectivity index (χ4n) is 5.81. The van der Waals surface area contributed by atoms with Crippen molar-refractivity contribution < 1.29 is 14.3 Å². The standard InChI is InChI=1S/C22H23FN4O3/c23-17-7-13-18(28)15(21(29)30)9-27(12-1-2-12)19(13)25-20(17)26-8-14-11-3-5-22(24,6-4-11)16(14)10-26/h3,5,7,9,11-12,14,16H,1-2,4,6,8,10,24H2,(H,29,30). The molecule has 4 aliphatic carbocycles. The SMILES string of the molecule is NC12C=CC(CC1)C1CN(c3nc4c(cc3F)c(=O)c(C(=O)O)cn4C3CC3)CC12. The van der Waals surface area contributed by atoms with E-state index in [1.54, 1.807) is 4.57 Å². The Hall–Kier alpha value is -2.74. The van der Waals surface area contributed by atoms with Gasteiger partial charge in [0.25, 0.3) is 0 Å². The molecule has 2 saturated carbocycles. The third-order valence-corrected chi connectivity index (χ3v) is 7.58. The van der Waals surface area contributed by atoms with Crippen LogP contribution >= 0.6 is 0 Å². The quantitative estimate of drug-likeness (QED) is 0.753. The van der Waals surface area contributed by atoms with E-state index in [0.717, 1.165) is 25.7 Å². The number of halogens is 1. The molecule has 8 heteroatoms. The van der Waals surface area contributed by atoms with E-state index in [1.165, 1.54) is 12.3 Å². The van der Waals surface area contributed by atoms with Crippen molar-refractivity contribution in [3.8, 4) is 0 Å². The summed E-state index contributed by atoms with van der Waals surface area (Å²) in [4.78, 5) is 30.7. The van der Waals surface area contributed by atoms with Crippen LogP contribution in [0.5, 0.6) is 0 Å². The fourth-order valence-corrected chi connectivity index (χ4v) is 5.81. The van der Waals surface area contributed by atoms with Crippen LogP contribution in [0.4, 0.5) is 10.2 Å². The van der Waals surface area contributed by atoms with Gasteiger partial charge >= 0.3 is 5.97 Å². The second kappa shape index (κ2) is 5.91. The molecule has 2 bridgehead atoms. The molecule has 3 N–H and O–H groups in total. The second-order valence-electron chi connectivity index (χ2n) is 9.33. The van der Waals surface area contributed by atoms with Crippen LogP contribution in [0.2, 0.25) is 0 Å². The summed E-state index contributed by atoms with van der Waals surface area (Å²) >= 11 is 0. The van der Waals surface area contributed by atoms with E-state index in [-0.39, 0.29) is 34.3 Å². The number of fused-ring (bicyclic) bond motifs is 2. The molecular weight excluding hydrogens is 387 g/mol. The summed E-state index contributed by atoms with van der Waals surface area (Å²) in [5.74, 6) is -0.549. The zero-order valence-corrected chi connectivity index (χ0v) is 16.4. The Kier molecular flexibility index (Phi) is 3.56. The van der Waals surface area contributed by atoms with Crippen molar-refractivity contribution in [3.05, 3.63) is 46.0 Å². The minimum absolute atomic E-state index is 0.0247. The van der Waals surface area contributed by atoms with Gasteiger partial charge in [-0.1, -0.05) is 12.2 Å². The van der Waals surface area contributed by atoms with Gasteiger partial charge in [0.05, 0.1) is 5.39 Å². The van der Waals surface area contributed by atoms with Crippen molar-refractivity contribution in [2.24, 2.45) is 23.5 Å². The molecule has 1 saturated heterocycles. The van der Waals surface area contributed by atoms with Gasteiger partial charge in [-0.25, -0.2) is 14.2 Å². The highest BCUT2D eigenvalue weighted by atomic mass is 19.1. The number of aromatic nitrogens is 2. The van der Waals surface area contributed by atoms with Gasteiger partial charge in [0, 0.05) is 36.8 Å². The predicted molar refractivity (Wildman–Crippen MR) is 109 cm³/mol. The number of hydrogen-bond donors (Lipinski definition) is 2. The first-order chi connectivity index (χ1) is 14.4. The number of allylic oxidation sites excluding steroid dienone is 1. The van der Waals surface area contributed by atoms with Crippen molar-refractivity contribution in [1.82, 2.24) is 9.55 Å². The molecule has 2 aromatic heterocycles. The lowest BCUT2D eigenvalue weighted by atomic mass is 9.60. The van der Waals surface area contributed by atoms with Crippen LogP contribution in [-0.4, -0.2) is 39.3 Å². The molecular formula is C22H23FN4O3. The van der Waals surface area contributed by atoms with E-state index in [1.807, 2.05) is 4.90 Å². The molecule has 156 valence electrons. The lowest BCUT2D eigenvalue weighted by Gasteiger charge is -2.47. The number of aromatic carboxylic acids is 1. The molecule has 4 unspecified atom stereocenters. The average molecular weight is 410 g/mol. The van der Waals surface area contributed by atoms with Gasteiger partial charge in [-0.2, -0.15) is 0 Å². The molecule has 3 fully saturated rings. The Balaban J connectivity index is 1.47.